The number of rotatable bonds is 1. The molecule has 10 heteroatoms. The fourth-order valence-electron chi connectivity index (χ4n) is 1.78. The molecule has 0 aromatic heterocycles. The van der Waals surface area contributed by atoms with Crippen molar-refractivity contribution in [3.63, 3.8) is 0 Å². The first kappa shape index (κ1) is 17.8. The number of nitrogens with one attached hydrogen (secondary N) is 1. The van der Waals surface area contributed by atoms with Gasteiger partial charge in [-0.15, -0.1) is 12.4 Å². The third-order valence-electron chi connectivity index (χ3n) is 2.71. The molecule has 3 nitrogen and oxygen atoms in total. The number of halogens is 7. The third-order valence-corrected chi connectivity index (χ3v) is 3.04. The van der Waals surface area contributed by atoms with E-state index in [4.69, 9.17) is 11.6 Å². The van der Waals surface area contributed by atoms with Crippen molar-refractivity contribution in [2.75, 3.05) is 6.61 Å². The van der Waals surface area contributed by atoms with Gasteiger partial charge >= 0.3 is 18.2 Å². The minimum Gasteiger partial charge on any atom is -0.443 e. The molecule has 1 aliphatic heterocycles. The first-order chi connectivity index (χ1) is 9.11. The molecule has 0 saturated carbocycles. The maximum Gasteiger partial charge on any atom is 0.417 e. The van der Waals surface area contributed by atoms with E-state index >= 15 is 0 Å². The topological polar surface area (TPSA) is 38.3 Å². The van der Waals surface area contributed by atoms with Crippen molar-refractivity contribution in [3.8, 4) is 0 Å². The molecule has 1 aromatic rings. The van der Waals surface area contributed by atoms with E-state index in [2.05, 4.69) is 4.74 Å². The summed E-state index contributed by atoms with van der Waals surface area (Å²) < 4.78 is 69.4. The highest BCUT2D eigenvalue weighted by Crippen LogP contribution is 2.39. The zero-order chi connectivity index (χ0) is 15.1. The summed E-state index contributed by atoms with van der Waals surface area (Å²) in [4.78, 5) is 11.0. The van der Waals surface area contributed by atoms with Crippen LogP contribution in [0.3, 0.4) is 0 Å². The van der Waals surface area contributed by atoms with Crippen LogP contribution in [0.2, 0.25) is 5.02 Å². The van der Waals surface area contributed by atoms with Crippen LogP contribution in [0, 0.1) is 0 Å². The molecule has 1 N–H and O–H groups in total. The Balaban J connectivity index is 0.00000220. The van der Waals surface area contributed by atoms with Crippen molar-refractivity contribution >= 4 is 30.1 Å². The quantitative estimate of drug-likeness (QED) is 0.770. The van der Waals surface area contributed by atoms with Crippen molar-refractivity contribution in [1.29, 1.82) is 0 Å². The molecule has 0 bridgehead atoms. The van der Waals surface area contributed by atoms with Gasteiger partial charge in [-0.05, 0) is 17.7 Å². The lowest BCUT2D eigenvalue weighted by molar-refractivity contribution is -0.137. The van der Waals surface area contributed by atoms with Crippen LogP contribution in [0.15, 0.2) is 18.2 Å². The Hall–Kier alpha value is -1.28. The van der Waals surface area contributed by atoms with Crippen LogP contribution in [-0.2, 0) is 10.9 Å². The number of ether oxygens (including phenoxy) is 1. The number of benzene rings is 1. The highest BCUT2D eigenvalue weighted by molar-refractivity contribution is 6.31. The molecule has 0 radical (unpaired) electrons. The number of alkyl halides is 5. The van der Waals surface area contributed by atoms with Gasteiger partial charge in [-0.25, -0.2) is 13.6 Å². The molecule has 1 fully saturated rings. The highest BCUT2D eigenvalue weighted by Gasteiger charge is 2.47. The molecule has 1 atom stereocenters. The fraction of sp³-hybridized carbons (Fsp3) is 0.364. The number of alkyl carbamates (subject to hydrolysis) is 1. The van der Waals surface area contributed by atoms with Crippen LogP contribution < -0.4 is 5.32 Å². The van der Waals surface area contributed by atoms with Gasteiger partial charge in [-0.1, -0.05) is 17.7 Å². The number of amides is 1. The first-order valence-corrected chi connectivity index (χ1v) is 5.67. The molecule has 1 amide bonds. The van der Waals surface area contributed by atoms with Crippen molar-refractivity contribution in [2.24, 2.45) is 0 Å². The van der Waals surface area contributed by atoms with Crippen molar-refractivity contribution in [3.05, 3.63) is 34.3 Å². The number of carbonyl (C=O) groups excluding carboxylic acids is 1. The summed E-state index contributed by atoms with van der Waals surface area (Å²) in [5.74, 6) is -3.52. The number of carbonyl (C=O) groups is 1. The molecule has 1 aromatic carbocycles. The second-order valence-corrected chi connectivity index (χ2v) is 4.56. The Morgan fingerprint density at radius 2 is 1.95 bits per heavy atom. The van der Waals surface area contributed by atoms with Crippen molar-refractivity contribution in [1.82, 2.24) is 5.32 Å². The Labute approximate surface area is 126 Å². The average molecular weight is 352 g/mol. The Bertz CT molecular complexity index is 550. The molecule has 0 unspecified atom stereocenters. The van der Waals surface area contributed by atoms with Crippen LogP contribution in [0.5, 0.6) is 0 Å². The van der Waals surface area contributed by atoms with E-state index in [0.717, 1.165) is 12.1 Å². The van der Waals surface area contributed by atoms with E-state index < -0.39 is 47.0 Å². The van der Waals surface area contributed by atoms with E-state index in [1.807, 2.05) is 0 Å². The molecule has 118 valence electrons. The molecule has 1 heterocycles. The Kier molecular flexibility index (Phi) is 4.94. The average Bonchev–Trinajstić information content (AvgIpc) is 2.32. The maximum absolute atomic E-state index is 13.6. The predicted octanol–water partition coefficient (Wildman–Crippen LogP) is 4.20. The second-order valence-electron chi connectivity index (χ2n) is 4.15. The van der Waals surface area contributed by atoms with Crippen LogP contribution in [0.25, 0.3) is 0 Å². The van der Waals surface area contributed by atoms with E-state index in [1.165, 1.54) is 0 Å². The lowest BCUT2D eigenvalue weighted by Crippen LogP contribution is -2.49. The summed E-state index contributed by atoms with van der Waals surface area (Å²) in [6.45, 7) is -1.20. The zero-order valence-electron chi connectivity index (χ0n) is 10.0. The Morgan fingerprint density at radius 1 is 1.33 bits per heavy atom. The first-order valence-electron chi connectivity index (χ1n) is 5.29. The summed E-state index contributed by atoms with van der Waals surface area (Å²) in [5, 5.41) is 1.19. The minimum absolute atomic E-state index is 0. The largest absolute Gasteiger partial charge is 0.443 e. The van der Waals surface area contributed by atoms with Gasteiger partial charge in [-0.3, -0.25) is 0 Å². The van der Waals surface area contributed by atoms with Gasteiger partial charge in [0, 0.05) is 0 Å². The van der Waals surface area contributed by atoms with E-state index in [-0.39, 0.29) is 12.4 Å². The van der Waals surface area contributed by atoms with Crippen LogP contribution in [0.1, 0.15) is 17.2 Å². The monoisotopic (exact) mass is 351 g/mol. The van der Waals surface area contributed by atoms with Gasteiger partial charge in [-0.2, -0.15) is 13.2 Å². The fourth-order valence-corrected chi connectivity index (χ4v) is 2.00. The van der Waals surface area contributed by atoms with Crippen molar-refractivity contribution in [2.45, 2.75) is 18.1 Å². The summed E-state index contributed by atoms with van der Waals surface area (Å²) in [7, 11) is 0. The van der Waals surface area contributed by atoms with Gasteiger partial charge in [0.15, 0.2) is 6.61 Å². The number of hydrogen-bond donors (Lipinski definition) is 1. The third kappa shape index (κ3) is 3.68. The maximum atomic E-state index is 13.6. The number of hydrogen-bond acceptors (Lipinski definition) is 2. The van der Waals surface area contributed by atoms with E-state index in [9.17, 15) is 26.7 Å². The van der Waals surface area contributed by atoms with E-state index in [0.29, 0.717) is 6.07 Å². The molecule has 0 spiro atoms. The highest BCUT2D eigenvalue weighted by atomic mass is 35.5. The van der Waals surface area contributed by atoms with Gasteiger partial charge in [0.1, 0.15) is 6.04 Å². The normalized spacial score (nSPS) is 21.0. The van der Waals surface area contributed by atoms with Crippen LogP contribution in [-0.4, -0.2) is 18.6 Å². The van der Waals surface area contributed by atoms with Crippen LogP contribution >= 0.6 is 24.0 Å². The number of cyclic esters (lactones) is 1. The molecule has 1 aliphatic rings. The molecule has 0 aliphatic carbocycles. The van der Waals surface area contributed by atoms with E-state index in [1.54, 1.807) is 5.32 Å². The van der Waals surface area contributed by atoms with Gasteiger partial charge < -0.3 is 10.1 Å². The smallest absolute Gasteiger partial charge is 0.417 e. The van der Waals surface area contributed by atoms with Crippen LogP contribution in [0.4, 0.5) is 26.7 Å². The van der Waals surface area contributed by atoms with Gasteiger partial charge in [0.2, 0.25) is 0 Å². The molecule has 1 saturated heterocycles. The predicted molar refractivity (Wildman–Crippen MR) is 65.9 cm³/mol. The summed E-state index contributed by atoms with van der Waals surface area (Å²) in [6, 6.07) is 0.452. The molecular weight excluding hydrogens is 344 g/mol. The van der Waals surface area contributed by atoms with Gasteiger partial charge in [0.05, 0.1) is 10.6 Å². The molecule has 21 heavy (non-hydrogen) atoms. The zero-order valence-corrected chi connectivity index (χ0v) is 11.6. The second kappa shape index (κ2) is 5.84. The summed E-state index contributed by atoms with van der Waals surface area (Å²) in [6.07, 6.45) is -5.90. The summed E-state index contributed by atoms with van der Waals surface area (Å²) in [5.41, 5.74) is -1.64. The van der Waals surface area contributed by atoms with Crippen molar-refractivity contribution < 1.29 is 31.5 Å². The lowest BCUT2D eigenvalue weighted by atomic mass is 9.98. The summed E-state index contributed by atoms with van der Waals surface area (Å²) >= 11 is 5.40. The lowest BCUT2D eigenvalue weighted by Gasteiger charge is -2.32. The SMILES string of the molecule is Cl.O=C1N[C@@H](c2ccc(Cl)c(C(F)(F)F)c2)C(F)(F)CO1. The molecular formula is C11H8Cl2F5NO2. The standard InChI is InChI=1S/C11H7ClF5NO2.ClH/c12-7-2-1-5(3-6(7)11(15,16)17)8-10(13,14)4-20-9(19)18-8;/h1-3,8H,4H2,(H,18,19);1H/t8-;/m0./s1. The Morgan fingerprint density at radius 3 is 2.52 bits per heavy atom. The minimum atomic E-state index is -4.78. The molecule has 2 rings (SSSR count). The van der Waals surface area contributed by atoms with Gasteiger partial charge in [0.25, 0.3) is 0 Å².